The highest BCUT2D eigenvalue weighted by atomic mass is 16.5. The van der Waals surface area contributed by atoms with Gasteiger partial charge in [0.25, 0.3) is 0 Å². The minimum atomic E-state index is -0.550. The van der Waals surface area contributed by atoms with E-state index in [2.05, 4.69) is 25.5 Å². The standard InChI is InChI=1S/C18H15N5O3/c24-18(25-11-12-4-2-1-3-5-12)21-10-15-22-23-17(26-15)14-7-9-20-16-13(14)6-8-19-16/h1-9H,10-11H2,(H,19,20)(H,21,24). The zero-order valence-corrected chi connectivity index (χ0v) is 13.7. The van der Waals surface area contributed by atoms with Crippen LogP contribution in [0.3, 0.4) is 0 Å². The number of carbonyl (C=O) groups excluding carboxylic acids is 1. The summed E-state index contributed by atoms with van der Waals surface area (Å²) in [4.78, 5) is 19.0. The summed E-state index contributed by atoms with van der Waals surface area (Å²) < 4.78 is 10.8. The highest BCUT2D eigenvalue weighted by molar-refractivity contribution is 5.90. The number of aromatic amines is 1. The number of carbonyl (C=O) groups is 1. The Balaban J connectivity index is 1.36. The Hall–Kier alpha value is -3.68. The molecule has 1 amide bonds. The lowest BCUT2D eigenvalue weighted by molar-refractivity contribution is 0.138. The normalized spacial score (nSPS) is 10.8. The second-order valence-electron chi connectivity index (χ2n) is 5.51. The molecule has 0 radical (unpaired) electrons. The Morgan fingerprint density at radius 1 is 1.15 bits per heavy atom. The fourth-order valence-electron chi connectivity index (χ4n) is 2.50. The summed E-state index contributed by atoms with van der Waals surface area (Å²) in [6.07, 6.45) is 2.91. The van der Waals surface area contributed by atoms with E-state index in [9.17, 15) is 4.79 Å². The van der Waals surface area contributed by atoms with E-state index >= 15 is 0 Å². The molecule has 0 saturated heterocycles. The second-order valence-corrected chi connectivity index (χ2v) is 5.51. The number of nitrogens with one attached hydrogen (secondary N) is 2. The SMILES string of the molecule is O=C(NCc1nnc(-c2ccnc3[nH]ccc23)o1)OCc1ccccc1. The molecule has 0 spiro atoms. The predicted molar refractivity (Wildman–Crippen MR) is 92.9 cm³/mol. The van der Waals surface area contributed by atoms with Crippen molar-refractivity contribution in [2.24, 2.45) is 0 Å². The number of hydrogen-bond donors (Lipinski definition) is 2. The summed E-state index contributed by atoms with van der Waals surface area (Å²) in [5.41, 5.74) is 2.43. The van der Waals surface area contributed by atoms with Crippen molar-refractivity contribution in [1.82, 2.24) is 25.5 Å². The molecule has 0 aliphatic heterocycles. The fraction of sp³-hybridized carbons (Fsp3) is 0.111. The number of amides is 1. The lowest BCUT2D eigenvalue weighted by atomic mass is 10.2. The topological polar surface area (TPSA) is 106 Å². The maximum Gasteiger partial charge on any atom is 0.407 e. The summed E-state index contributed by atoms with van der Waals surface area (Å²) in [6, 6.07) is 13.1. The van der Waals surface area contributed by atoms with Gasteiger partial charge in [0.1, 0.15) is 12.3 Å². The van der Waals surface area contributed by atoms with Gasteiger partial charge in [0.2, 0.25) is 11.8 Å². The molecule has 2 N–H and O–H groups in total. The van der Waals surface area contributed by atoms with Gasteiger partial charge in [0, 0.05) is 17.8 Å². The van der Waals surface area contributed by atoms with Crippen LogP contribution in [0.4, 0.5) is 4.79 Å². The monoisotopic (exact) mass is 349 g/mol. The molecule has 3 heterocycles. The van der Waals surface area contributed by atoms with Crippen LogP contribution in [0.5, 0.6) is 0 Å². The number of benzene rings is 1. The molecule has 4 rings (SSSR count). The van der Waals surface area contributed by atoms with Gasteiger partial charge in [-0.2, -0.15) is 0 Å². The molecular weight excluding hydrogens is 334 g/mol. The number of aromatic nitrogens is 4. The van der Waals surface area contributed by atoms with Gasteiger partial charge in [0.05, 0.1) is 12.1 Å². The minimum absolute atomic E-state index is 0.0853. The van der Waals surface area contributed by atoms with Crippen molar-refractivity contribution >= 4 is 17.1 Å². The summed E-state index contributed by atoms with van der Waals surface area (Å²) >= 11 is 0. The number of nitrogens with zero attached hydrogens (tertiary/aromatic N) is 3. The van der Waals surface area contributed by atoms with Gasteiger partial charge in [-0.05, 0) is 17.7 Å². The zero-order chi connectivity index (χ0) is 17.8. The van der Waals surface area contributed by atoms with Crippen molar-refractivity contribution in [1.29, 1.82) is 0 Å². The van der Waals surface area contributed by atoms with E-state index in [4.69, 9.17) is 9.15 Å². The fourth-order valence-corrected chi connectivity index (χ4v) is 2.50. The van der Waals surface area contributed by atoms with Crippen LogP contribution in [0.2, 0.25) is 0 Å². The molecule has 26 heavy (non-hydrogen) atoms. The average Bonchev–Trinajstić information content (AvgIpc) is 3.34. The molecule has 3 aromatic heterocycles. The van der Waals surface area contributed by atoms with Crippen molar-refractivity contribution in [2.75, 3.05) is 0 Å². The number of hydrogen-bond acceptors (Lipinski definition) is 6. The van der Waals surface area contributed by atoms with E-state index in [1.807, 2.05) is 36.4 Å². The van der Waals surface area contributed by atoms with E-state index in [0.29, 0.717) is 5.89 Å². The summed E-state index contributed by atoms with van der Waals surface area (Å²) in [5, 5.41) is 11.5. The van der Waals surface area contributed by atoms with Crippen molar-refractivity contribution < 1.29 is 13.9 Å². The van der Waals surface area contributed by atoms with Gasteiger partial charge in [-0.15, -0.1) is 10.2 Å². The van der Waals surface area contributed by atoms with Gasteiger partial charge in [0.15, 0.2) is 0 Å². The van der Waals surface area contributed by atoms with Crippen molar-refractivity contribution in [3.63, 3.8) is 0 Å². The summed E-state index contributed by atoms with van der Waals surface area (Å²) in [7, 11) is 0. The number of pyridine rings is 1. The number of H-pyrrole nitrogens is 1. The molecule has 1 aromatic carbocycles. The molecule has 130 valence electrons. The molecule has 8 heteroatoms. The van der Waals surface area contributed by atoms with Gasteiger partial charge in [-0.25, -0.2) is 9.78 Å². The third-order valence-corrected chi connectivity index (χ3v) is 3.75. The van der Waals surface area contributed by atoms with Crippen LogP contribution in [0.15, 0.2) is 59.3 Å². The minimum Gasteiger partial charge on any atom is -0.445 e. The van der Waals surface area contributed by atoms with Crippen molar-refractivity contribution in [3.05, 3.63) is 66.3 Å². The lowest BCUT2D eigenvalue weighted by Gasteiger charge is -2.05. The van der Waals surface area contributed by atoms with E-state index in [1.165, 1.54) is 0 Å². The molecule has 0 bridgehead atoms. The van der Waals surface area contributed by atoms with Crippen LogP contribution >= 0.6 is 0 Å². The number of alkyl carbamates (subject to hydrolysis) is 1. The van der Waals surface area contributed by atoms with Crippen LogP contribution in [0.1, 0.15) is 11.5 Å². The van der Waals surface area contributed by atoms with Crippen LogP contribution in [0.25, 0.3) is 22.5 Å². The number of fused-ring (bicyclic) bond motifs is 1. The Bertz CT molecular complexity index is 1030. The third-order valence-electron chi connectivity index (χ3n) is 3.75. The molecule has 0 aliphatic carbocycles. The van der Waals surface area contributed by atoms with E-state index in [1.54, 1.807) is 18.5 Å². The molecule has 0 fully saturated rings. The third kappa shape index (κ3) is 3.39. The number of ether oxygens (including phenoxy) is 1. The molecule has 0 saturated carbocycles. The van der Waals surface area contributed by atoms with E-state index in [0.717, 1.165) is 22.2 Å². The second kappa shape index (κ2) is 7.06. The molecule has 0 unspecified atom stereocenters. The van der Waals surface area contributed by atoms with Crippen LogP contribution < -0.4 is 5.32 Å². The van der Waals surface area contributed by atoms with Gasteiger partial charge >= 0.3 is 6.09 Å². The van der Waals surface area contributed by atoms with Crippen LogP contribution in [-0.2, 0) is 17.9 Å². The molecule has 4 aromatic rings. The Labute approximate surface area is 148 Å². The smallest absolute Gasteiger partial charge is 0.407 e. The lowest BCUT2D eigenvalue weighted by Crippen LogP contribution is -2.23. The van der Waals surface area contributed by atoms with Gasteiger partial charge in [-0.3, -0.25) is 0 Å². The molecule has 8 nitrogen and oxygen atoms in total. The summed E-state index contributed by atoms with van der Waals surface area (Å²) in [6.45, 7) is 0.284. The first-order valence-corrected chi connectivity index (χ1v) is 7.99. The van der Waals surface area contributed by atoms with Crippen molar-refractivity contribution in [2.45, 2.75) is 13.2 Å². The Kier molecular flexibility index (Phi) is 4.29. The maximum absolute atomic E-state index is 11.8. The Morgan fingerprint density at radius 3 is 2.92 bits per heavy atom. The number of rotatable bonds is 5. The van der Waals surface area contributed by atoms with Gasteiger partial charge in [-0.1, -0.05) is 30.3 Å². The van der Waals surface area contributed by atoms with Gasteiger partial charge < -0.3 is 19.5 Å². The van der Waals surface area contributed by atoms with Crippen LogP contribution in [-0.4, -0.2) is 26.3 Å². The molecule has 0 atom stereocenters. The Morgan fingerprint density at radius 2 is 2.04 bits per heavy atom. The van der Waals surface area contributed by atoms with Crippen LogP contribution in [0, 0.1) is 0 Å². The van der Waals surface area contributed by atoms with E-state index < -0.39 is 6.09 Å². The van der Waals surface area contributed by atoms with E-state index in [-0.39, 0.29) is 19.0 Å². The maximum atomic E-state index is 11.8. The first-order chi connectivity index (χ1) is 12.8. The molecule has 0 aliphatic rings. The average molecular weight is 349 g/mol. The van der Waals surface area contributed by atoms with Crippen molar-refractivity contribution in [3.8, 4) is 11.5 Å². The summed E-state index contributed by atoms with van der Waals surface area (Å²) in [5.74, 6) is 0.656. The highest BCUT2D eigenvalue weighted by Gasteiger charge is 2.13. The molecular formula is C18H15N5O3. The highest BCUT2D eigenvalue weighted by Crippen LogP contribution is 2.25. The first kappa shape index (κ1) is 15.8. The first-order valence-electron chi connectivity index (χ1n) is 7.99. The largest absolute Gasteiger partial charge is 0.445 e. The zero-order valence-electron chi connectivity index (χ0n) is 13.7. The quantitative estimate of drug-likeness (QED) is 0.574. The predicted octanol–water partition coefficient (Wildman–Crippen LogP) is 3.04.